The van der Waals surface area contributed by atoms with Crippen molar-refractivity contribution in [2.45, 2.75) is 38.0 Å². The van der Waals surface area contributed by atoms with Gasteiger partial charge in [-0.3, -0.25) is 4.99 Å². The normalized spacial score (nSPS) is 20.9. The lowest BCUT2D eigenvalue weighted by molar-refractivity contribution is 0.217. The molecule has 2 saturated carbocycles. The van der Waals surface area contributed by atoms with E-state index in [4.69, 9.17) is 11.6 Å². The largest absolute Gasteiger partial charge is 0.396 e. The third-order valence-electron chi connectivity index (χ3n) is 5.09. The third kappa shape index (κ3) is 3.99. The molecular weight excluding hydrogens is 310 g/mol. The molecule has 126 valence electrons. The smallest absolute Gasteiger partial charge is 0.191 e. The molecule has 3 N–H and O–H groups in total. The second-order valence-corrected chi connectivity index (χ2v) is 7.43. The van der Waals surface area contributed by atoms with Gasteiger partial charge in [0.1, 0.15) is 0 Å². The molecule has 0 bridgehead atoms. The minimum absolute atomic E-state index is 0.0482. The van der Waals surface area contributed by atoms with E-state index in [0.29, 0.717) is 6.54 Å². The summed E-state index contributed by atoms with van der Waals surface area (Å²) in [7, 11) is 0. The maximum Gasteiger partial charge on any atom is 0.191 e. The van der Waals surface area contributed by atoms with Crippen LogP contribution >= 0.6 is 11.6 Å². The first-order chi connectivity index (χ1) is 11.1. The van der Waals surface area contributed by atoms with Gasteiger partial charge < -0.3 is 15.7 Å². The van der Waals surface area contributed by atoms with E-state index >= 15 is 0 Å². The molecule has 0 heterocycles. The summed E-state index contributed by atoms with van der Waals surface area (Å²) in [6, 6.07) is 8.18. The Labute approximate surface area is 143 Å². The van der Waals surface area contributed by atoms with Gasteiger partial charge in [0.2, 0.25) is 0 Å². The number of hydrogen-bond acceptors (Lipinski definition) is 2. The number of hydrogen-bond donors (Lipinski definition) is 3. The average Bonchev–Trinajstić information content (AvgIpc) is 3.46. The number of benzene rings is 1. The minimum Gasteiger partial charge on any atom is -0.396 e. The van der Waals surface area contributed by atoms with Crippen molar-refractivity contribution in [3.63, 3.8) is 0 Å². The van der Waals surface area contributed by atoms with E-state index in [1.165, 1.54) is 18.4 Å². The topological polar surface area (TPSA) is 56.7 Å². The molecule has 23 heavy (non-hydrogen) atoms. The number of aliphatic hydroxyl groups is 1. The van der Waals surface area contributed by atoms with Crippen molar-refractivity contribution in [1.82, 2.24) is 10.6 Å². The standard InChI is InChI=1S/C18H26ClN3O/c1-2-20-16(21-11-17(13-23)6-7-17)22-12-18(8-9-18)14-4-3-5-15(19)10-14/h3-5,10,23H,2,6-9,11-13H2,1H3,(H2,20,21,22). The minimum atomic E-state index is 0.0482. The van der Waals surface area contributed by atoms with Crippen molar-refractivity contribution in [1.29, 1.82) is 0 Å². The van der Waals surface area contributed by atoms with Gasteiger partial charge in [0, 0.05) is 28.9 Å². The molecule has 0 atom stereocenters. The molecule has 0 aliphatic heterocycles. The van der Waals surface area contributed by atoms with Crippen molar-refractivity contribution in [2.24, 2.45) is 10.4 Å². The number of nitrogens with one attached hydrogen (secondary N) is 2. The number of rotatable bonds is 7. The first-order valence-electron chi connectivity index (χ1n) is 8.51. The van der Waals surface area contributed by atoms with Gasteiger partial charge in [0.05, 0.1) is 13.2 Å². The molecule has 1 aromatic rings. The van der Waals surface area contributed by atoms with Crippen molar-refractivity contribution in [2.75, 3.05) is 26.2 Å². The molecule has 0 saturated heterocycles. The summed E-state index contributed by atoms with van der Waals surface area (Å²) in [6.45, 7) is 4.71. The highest BCUT2D eigenvalue weighted by Gasteiger charge is 2.44. The van der Waals surface area contributed by atoms with Gasteiger partial charge in [-0.15, -0.1) is 0 Å². The summed E-state index contributed by atoms with van der Waals surface area (Å²) in [5.41, 5.74) is 1.55. The van der Waals surface area contributed by atoms with Crippen molar-refractivity contribution >= 4 is 17.6 Å². The lowest BCUT2D eigenvalue weighted by Gasteiger charge is -2.20. The maximum absolute atomic E-state index is 9.42. The second-order valence-electron chi connectivity index (χ2n) is 7.00. The molecule has 0 spiro atoms. The molecule has 3 rings (SSSR count). The van der Waals surface area contributed by atoms with E-state index < -0.39 is 0 Å². The van der Waals surface area contributed by atoms with Gasteiger partial charge in [-0.25, -0.2) is 0 Å². The first-order valence-corrected chi connectivity index (χ1v) is 8.88. The Morgan fingerprint density at radius 3 is 2.61 bits per heavy atom. The van der Waals surface area contributed by atoms with Crippen LogP contribution in [0.1, 0.15) is 38.2 Å². The molecule has 0 aromatic heterocycles. The number of guanidine groups is 1. The number of aliphatic imine (C=N–C) groups is 1. The fourth-order valence-electron chi connectivity index (χ4n) is 2.92. The van der Waals surface area contributed by atoms with Crippen LogP contribution in [-0.2, 0) is 5.41 Å². The second kappa shape index (κ2) is 6.70. The summed E-state index contributed by atoms with van der Waals surface area (Å²) >= 11 is 6.13. The zero-order valence-corrected chi connectivity index (χ0v) is 14.5. The van der Waals surface area contributed by atoms with Gasteiger partial charge in [-0.2, -0.15) is 0 Å². The van der Waals surface area contributed by atoms with Gasteiger partial charge in [-0.05, 0) is 50.3 Å². The zero-order valence-electron chi connectivity index (χ0n) is 13.7. The Kier molecular flexibility index (Phi) is 4.83. The fourth-order valence-corrected chi connectivity index (χ4v) is 3.11. The summed E-state index contributed by atoms with van der Waals surface area (Å²) in [4.78, 5) is 4.67. The first kappa shape index (κ1) is 16.6. The molecule has 5 heteroatoms. The van der Waals surface area contributed by atoms with Crippen LogP contribution in [0.2, 0.25) is 5.02 Å². The Balaban J connectivity index is 1.61. The van der Waals surface area contributed by atoms with Crippen molar-refractivity contribution in [3.8, 4) is 0 Å². The Morgan fingerprint density at radius 2 is 2.04 bits per heavy atom. The summed E-state index contributed by atoms with van der Waals surface area (Å²) < 4.78 is 0. The molecule has 0 amide bonds. The summed E-state index contributed by atoms with van der Waals surface area (Å²) in [5, 5.41) is 17.0. The number of nitrogens with zero attached hydrogens (tertiary/aromatic N) is 1. The van der Waals surface area contributed by atoms with E-state index in [1.54, 1.807) is 0 Å². The predicted molar refractivity (Wildman–Crippen MR) is 95.1 cm³/mol. The van der Waals surface area contributed by atoms with E-state index in [9.17, 15) is 5.11 Å². The van der Waals surface area contributed by atoms with Crippen LogP contribution in [0.4, 0.5) is 0 Å². The highest BCUT2D eigenvalue weighted by molar-refractivity contribution is 6.30. The molecular formula is C18H26ClN3O. The van der Waals surface area contributed by atoms with Crippen LogP contribution in [0, 0.1) is 5.41 Å². The van der Waals surface area contributed by atoms with E-state index in [1.807, 2.05) is 12.1 Å². The van der Waals surface area contributed by atoms with Crippen LogP contribution in [0.5, 0.6) is 0 Å². The average molecular weight is 336 g/mol. The Bertz CT molecular complexity index is 579. The van der Waals surface area contributed by atoms with Gasteiger partial charge in [-0.1, -0.05) is 23.7 Å². The van der Waals surface area contributed by atoms with Crippen molar-refractivity contribution < 1.29 is 5.11 Å². The van der Waals surface area contributed by atoms with Crippen LogP contribution in [0.15, 0.2) is 29.3 Å². The van der Waals surface area contributed by atoms with Crippen LogP contribution in [0.25, 0.3) is 0 Å². The lowest BCUT2D eigenvalue weighted by atomic mass is 9.96. The number of halogens is 1. The Morgan fingerprint density at radius 1 is 1.26 bits per heavy atom. The van der Waals surface area contributed by atoms with Crippen LogP contribution in [0.3, 0.4) is 0 Å². The molecule has 4 nitrogen and oxygen atoms in total. The number of aliphatic hydroxyl groups excluding tert-OH is 1. The summed E-state index contributed by atoms with van der Waals surface area (Å²) in [6.07, 6.45) is 4.53. The van der Waals surface area contributed by atoms with Crippen LogP contribution in [-0.4, -0.2) is 37.3 Å². The molecule has 2 aliphatic rings. The molecule has 0 unspecified atom stereocenters. The van der Waals surface area contributed by atoms with E-state index in [0.717, 1.165) is 36.9 Å². The third-order valence-corrected chi connectivity index (χ3v) is 5.33. The SMILES string of the molecule is CCNC(=NCC1(CO)CC1)NCC1(c2cccc(Cl)c2)CC1. The maximum atomic E-state index is 9.42. The molecule has 2 fully saturated rings. The monoisotopic (exact) mass is 335 g/mol. The predicted octanol–water partition coefficient (Wildman–Crippen LogP) is 2.70. The molecule has 1 aromatic carbocycles. The lowest BCUT2D eigenvalue weighted by Crippen LogP contribution is -2.41. The fraction of sp³-hybridized carbons (Fsp3) is 0.611. The summed E-state index contributed by atoms with van der Waals surface area (Å²) in [5.74, 6) is 0.848. The van der Waals surface area contributed by atoms with Crippen LogP contribution < -0.4 is 10.6 Å². The van der Waals surface area contributed by atoms with Gasteiger partial charge in [0.25, 0.3) is 0 Å². The van der Waals surface area contributed by atoms with Gasteiger partial charge >= 0.3 is 0 Å². The molecule has 0 radical (unpaired) electrons. The van der Waals surface area contributed by atoms with E-state index in [-0.39, 0.29) is 17.4 Å². The van der Waals surface area contributed by atoms with Crippen molar-refractivity contribution in [3.05, 3.63) is 34.9 Å². The molecule has 2 aliphatic carbocycles. The van der Waals surface area contributed by atoms with E-state index in [2.05, 4.69) is 34.7 Å². The quantitative estimate of drug-likeness (QED) is 0.530. The van der Waals surface area contributed by atoms with Gasteiger partial charge in [0.15, 0.2) is 5.96 Å². The Hall–Kier alpha value is -1.26. The zero-order chi connectivity index (χ0) is 16.3. The highest BCUT2D eigenvalue weighted by Crippen LogP contribution is 2.48. The highest BCUT2D eigenvalue weighted by atomic mass is 35.5.